The van der Waals surface area contributed by atoms with Gasteiger partial charge in [0.05, 0.1) is 6.61 Å². The van der Waals surface area contributed by atoms with Crippen molar-refractivity contribution in [1.82, 2.24) is 5.32 Å². The zero-order valence-electron chi connectivity index (χ0n) is 8.33. The normalized spacial score (nSPS) is 12.8. The van der Waals surface area contributed by atoms with Crippen molar-refractivity contribution in [3.63, 3.8) is 0 Å². The van der Waals surface area contributed by atoms with Gasteiger partial charge >= 0.3 is 0 Å². The lowest BCUT2D eigenvalue weighted by Crippen LogP contribution is -2.23. The minimum absolute atomic E-state index is 0.188. The lowest BCUT2D eigenvalue weighted by atomic mass is 10.1. The van der Waals surface area contributed by atoms with E-state index in [1.807, 2.05) is 12.1 Å². The Morgan fingerprint density at radius 2 is 2.00 bits per heavy atom. The zero-order chi connectivity index (χ0) is 10.4. The molecule has 0 spiro atoms. The van der Waals surface area contributed by atoms with Crippen LogP contribution in [0, 0.1) is 0 Å². The molecule has 1 rings (SSSR count). The van der Waals surface area contributed by atoms with E-state index in [-0.39, 0.29) is 6.61 Å². The summed E-state index contributed by atoms with van der Waals surface area (Å²) in [4.78, 5) is 0. The molecule has 0 radical (unpaired) electrons. The van der Waals surface area contributed by atoms with Gasteiger partial charge < -0.3 is 10.4 Å². The average molecular weight is 258 g/mol. The number of benzene rings is 1. The summed E-state index contributed by atoms with van der Waals surface area (Å²) in [6.45, 7) is 2.97. The van der Waals surface area contributed by atoms with E-state index in [1.165, 1.54) is 5.56 Å². The van der Waals surface area contributed by atoms with E-state index < -0.39 is 0 Å². The average Bonchev–Trinajstić information content (AvgIpc) is 2.21. The summed E-state index contributed by atoms with van der Waals surface area (Å²) >= 11 is 3.41. The van der Waals surface area contributed by atoms with E-state index in [0.29, 0.717) is 12.6 Å². The van der Waals surface area contributed by atoms with Gasteiger partial charge in [0, 0.05) is 17.1 Å². The molecule has 0 aliphatic carbocycles. The summed E-state index contributed by atoms with van der Waals surface area (Å²) in [7, 11) is 0. The van der Waals surface area contributed by atoms with Gasteiger partial charge in [0.15, 0.2) is 0 Å². The van der Waals surface area contributed by atoms with Crippen LogP contribution in [-0.2, 0) is 0 Å². The third kappa shape index (κ3) is 3.40. The van der Waals surface area contributed by atoms with Crippen molar-refractivity contribution >= 4 is 15.9 Å². The quantitative estimate of drug-likeness (QED) is 0.850. The second kappa shape index (κ2) is 6.17. The first-order valence-corrected chi connectivity index (χ1v) is 5.67. The van der Waals surface area contributed by atoms with Crippen LogP contribution in [0.2, 0.25) is 0 Å². The molecule has 0 fully saturated rings. The lowest BCUT2D eigenvalue weighted by Gasteiger charge is -2.16. The molecule has 1 aromatic rings. The fraction of sp³-hybridized carbons (Fsp3) is 0.455. The van der Waals surface area contributed by atoms with E-state index in [1.54, 1.807) is 0 Å². The molecule has 0 amide bonds. The van der Waals surface area contributed by atoms with Crippen LogP contribution in [0.1, 0.15) is 24.9 Å². The van der Waals surface area contributed by atoms with Gasteiger partial charge in [-0.2, -0.15) is 0 Å². The number of aliphatic hydroxyl groups excluding tert-OH is 1. The maximum Gasteiger partial charge on any atom is 0.0556 e. The molecule has 0 aromatic heterocycles. The number of hydrogen-bond donors (Lipinski definition) is 2. The highest BCUT2D eigenvalue weighted by Crippen LogP contribution is 2.18. The molecule has 0 bridgehead atoms. The van der Waals surface area contributed by atoms with Gasteiger partial charge in [0.1, 0.15) is 0 Å². The fourth-order valence-corrected chi connectivity index (χ4v) is 1.70. The minimum atomic E-state index is 0.188. The Morgan fingerprint density at radius 1 is 1.36 bits per heavy atom. The van der Waals surface area contributed by atoms with Crippen LogP contribution in [0.15, 0.2) is 28.7 Å². The molecule has 1 unspecified atom stereocenters. The summed E-state index contributed by atoms with van der Waals surface area (Å²) in [5, 5.41) is 12.0. The van der Waals surface area contributed by atoms with Crippen molar-refractivity contribution in [3.05, 3.63) is 34.3 Å². The van der Waals surface area contributed by atoms with Crippen molar-refractivity contribution in [2.75, 3.05) is 13.2 Å². The molecule has 1 aromatic carbocycles. The highest BCUT2D eigenvalue weighted by Gasteiger charge is 2.06. The molecule has 2 nitrogen and oxygen atoms in total. The van der Waals surface area contributed by atoms with Gasteiger partial charge in [-0.1, -0.05) is 35.0 Å². The molecule has 1 atom stereocenters. The molecule has 2 N–H and O–H groups in total. The van der Waals surface area contributed by atoms with Gasteiger partial charge in [0.25, 0.3) is 0 Å². The smallest absolute Gasteiger partial charge is 0.0556 e. The highest BCUT2D eigenvalue weighted by atomic mass is 79.9. The van der Waals surface area contributed by atoms with E-state index in [0.717, 1.165) is 10.9 Å². The number of halogens is 1. The maximum absolute atomic E-state index is 8.73. The van der Waals surface area contributed by atoms with Crippen LogP contribution in [0.3, 0.4) is 0 Å². The summed E-state index contributed by atoms with van der Waals surface area (Å²) in [5.74, 6) is 0. The van der Waals surface area contributed by atoms with Crippen LogP contribution in [0.25, 0.3) is 0 Å². The second-order valence-corrected chi connectivity index (χ2v) is 4.11. The van der Waals surface area contributed by atoms with E-state index in [4.69, 9.17) is 5.11 Å². The third-order valence-corrected chi connectivity index (χ3v) is 2.71. The Kier molecular flexibility index (Phi) is 5.15. The number of aliphatic hydroxyl groups is 1. The monoisotopic (exact) mass is 257 g/mol. The molecule has 78 valence electrons. The molecule has 0 heterocycles. The zero-order valence-corrected chi connectivity index (χ0v) is 9.92. The summed E-state index contributed by atoms with van der Waals surface area (Å²) < 4.78 is 1.10. The van der Waals surface area contributed by atoms with Gasteiger partial charge in [0.2, 0.25) is 0 Å². The first kappa shape index (κ1) is 11.7. The molecule has 0 aliphatic rings. The molecule has 3 heteroatoms. The van der Waals surface area contributed by atoms with Crippen molar-refractivity contribution in [1.29, 1.82) is 0 Å². The van der Waals surface area contributed by atoms with E-state index in [9.17, 15) is 0 Å². The molecular weight excluding hydrogens is 242 g/mol. The topological polar surface area (TPSA) is 32.3 Å². The van der Waals surface area contributed by atoms with Gasteiger partial charge in [-0.15, -0.1) is 0 Å². The molecule has 0 saturated heterocycles. The van der Waals surface area contributed by atoms with Crippen molar-refractivity contribution in [3.8, 4) is 0 Å². The van der Waals surface area contributed by atoms with Crippen molar-refractivity contribution in [2.45, 2.75) is 19.4 Å². The molecular formula is C11H16BrNO. The van der Waals surface area contributed by atoms with Crippen LogP contribution < -0.4 is 5.32 Å². The van der Waals surface area contributed by atoms with Crippen LogP contribution in [-0.4, -0.2) is 18.3 Å². The van der Waals surface area contributed by atoms with E-state index in [2.05, 4.69) is 40.3 Å². The van der Waals surface area contributed by atoms with Crippen LogP contribution in [0.4, 0.5) is 0 Å². The summed E-state index contributed by atoms with van der Waals surface area (Å²) in [6, 6.07) is 8.62. The standard InChI is InChI=1S/C11H16BrNO/c1-2-11(13-7-8-14)9-3-5-10(12)6-4-9/h3-6,11,13-14H,2,7-8H2,1H3. The highest BCUT2D eigenvalue weighted by molar-refractivity contribution is 9.10. The van der Waals surface area contributed by atoms with Gasteiger partial charge in [-0.25, -0.2) is 0 Å². The van der Waals surface area contributed by atoms with Crippen LogP contribution in [0.5, 0.6) is 0 Å². The van der Waals surface area contributed by atoms with Crippen molar-refractivity contribution in [2.24, 2.45) is 0 Å². The number of nitrogens with one attached hydrogen (secondary N) is 1. The predicted molar refractivity (Wildman–Crippen MR) is 62.3 cm³/mol. The third-order valence-electron chi connectivity index (χ3n) is 2.18. The minimum Gasteiger partial charge on any atom is -0.395 e. The molecule has 0 aliphatic heterocycles. The predicted octanol–water partition coefficient (Wildman–Crippen LogP) is 2.48. The first-order chi connectivity index (χ1) is 6.77. The lowest BCUT2D eigenvalue weighted by molar-refractivity contribution is 0.283. The molecule has 0 saturated carbocycles. The van der Waals surface area contributed by atoms with Gasteiger partial charge in [-0.3, -0.25) is 0 Å². The summed E-state index contributed by atoms with van der Waals surface area (Å²) in [5.41, 5.74) is 1.27. The Hall–Kier alpha value is -0.380. The Morgan fingerprint density at radius 3 is 2.50 bits per heavy atom. The Balaban J connectivity index is 2.64. The SMILES string of the molecule is CCC(NCCO)c1ccc(Br)cc1. The van der Waals surface area contributed by atoms with Crippen molar-refractivity contribution < 1.29 is 5.11 Å². The second-order valence-electron chi connectivity index (χ2n) is 3.19. The maximum atomic E-state index is 8.73. The molecule has 14 heavy (non-hydrogen) atoms. The number of rotatable bonds is 5. The number of hydrogen-bond acceptors (Lipinski definition) is 2. The Labute approximate surface area is 93.5 Å². The largest absolute Gasteiger partial charge is 0.395 e. The van der Waals surface area contributed by atoms with Gasteiger partial charge in [-0.05, 0) is 24.1 Å². The Bertz CT molecular complexity index is 260. The first-order valence-electron chi connectivity index (χ1n) is 4.87. The fourth-order valence-electron chi connectivity index (χ4n) is 1.43. The van der Waals surface area contributed by atoms with Crippen LogP contribution >= 0.6 is 15.9 Å². The van der Waals surface area contributed by atoms with E-state index >= 15 is 0 Å². The summed E-state index contributed by atoms with van der Waals surface area (Å²) in [6.07, 6.45) is 1.03.